The predicted molar refractivity (Wildman–Crippen MR) is 60.4 cm³/mol. The van der Waals surface area contributed by atoms with E-state index >= 15 is 0 Å². The van der Waals surface area contributed by atoms with Gasteiger partial charge in [-0.2, -0.15) is 0 Å². The molecular weight excluding hydrogens is 212 g/mol. The molecule has 0 aliphatic rings. The van der Waals surface area contributed by atoms with E-state index in [1.165, 1.54) is 11.3 Å². The fourth-order valence-electron chi connectivity index (χ4n) is 1.20. The smallest absolute Gasteiger partial charge is 0.288 e. The van der Waals surface area contributed by atoms with Crippen LogP contribution in [0.1, 0.15) is 15.4 Å². The highest BCUT2D eigenvalue weighted by Gasteiger charge is 2.16. The third-order valence-electron chi connectivity index (χ3n) is 1.90. The van der Waals surface area contributed by atoms with Crippen molar-refractivity contribution < 1.29 is 4.79 Å². The number of anilines is 1. The van der Waals surface area contributed by atoms with Gasteiger partial charge < -0.3 is 5.73 Å². The first kappa shape index (κ1) is 9.72. The number of hydrogen-bond donors (Lipinski definition) is 1. The minimum atomic E-state index is -0.435. The average Bonchev–Trinajstić information content (AvgIpc) is 2.54. The lowest BCUT2D eigenvalue weighted by molar-refractivity contribution is 0.101. The molecular formula is C9H8N4OS. The molecule has 0 aromatic carbocycles. The summed E-state index contributed by atoms with van der Waals surface area (Å²) in [6, 6.07) is 0. The number of rotatable bonds is 1. The van der Waals surface area contributed by atoms with Crippen molar-refractivity contribution in [2.45, 2.75) is 6.92 Å². The Balaban J connectivity index is 2.74. The molecule has 0 aliphatic carbocycles. The summed E-state index contributed by atoms with van der Waals surface area (Å²) in [5.74, 6) is -0.435. The highest BCUT2D eigenvalue weighted by atomic mass is 32.1. The number of amides is 1. The van der Waals surface area contributed by atoms with Crippen molar-refractivity contribution in [3.63, 3.8) is 0 Å². The van der Waals surface area contributed by atoms with Gasteiger partial charge in [-0.15, -0.1) is 11.3 Å². The number of thiophene rings is 1. The van der Waals surface area contributed by atoms with Gasteiger partial charge >= 0.3 is 0 Å². The first-order valence-corrected chi connectivity index (χ1v) is 4.98. The fraction of sp³-hybridized carbons (Fsp3) is 0.111. The van der Waals surface area contributed by atoms with Gasteiger partial charge in [-0.1, -0.05) is 0 Å². The second-order valence-electron chi connectivity index (χ2n) is 2.97. The first-order chi connectivity index (χ1) is 7.13. The third kappa shape index (κ3) is 1.48. The molecule has 0 fully saturated rings. The van der Waals surface area contributed by atoms with Gasteiger partial charge in [-0.3, -0.25) is 4.79 Å². The van der Waals surface area contributed by atoms with Crippen molar-refractivity contribution in [2.75, 3.05) is 5.73 Å². The Kier molecular flexibility index (Phi) is 2.20. The summed E-state index contributed by atoms with van der Waals surface area (Å²) >= 11 is 1.19. The van der Waals surface area contributed by atoms with Gasteiger partial charge in [-0.25, -0.2) is 15.0 Å². The number of carbonyl (C=O) groups is 1. The Labute approximate surface area is 89.7 Å². The molecule has 2 aromatic rings. The Morgan fingerprint density at radius 3 is 3.07 bits per heavy atom. The first-order valence-electron chi connectivity index (χ1n) is 4.16. The van der Waals surface area contributed by atoms with Gasteiger partial charge in [-0.05, 0) is 13.6 Å². The Hall–Kier alpha value is -1.82. The van der Waals surface area contributed by atoms with Crippen molar-refractivity contribution in [1.29, 1.82) is 0 Å². The molecule has 0 saturated carbocycles. The summed E-state index contributed by atoms with van der Waals surface area (Å²) in [7, 11) is 0. The highest BCUT2D eigenvalue weighted by Crippen LogP contribution is 2.31. The maximum absolute atomic E-state index is 11.3. The molecule has 0 unspecified atom stereocenters. The van der Waals surface area contributed by atoms with Crippen LogP contribution in [0.4, 0.5) is 5.69 Å². The largest absolute Gasteiger partial charge is 0.396 e. The quantitative estimate of drug-likeness (QED) is 0.737. The number of aliphatic imine (C=N–C) groups is 1. The summed E-state index contributed by atoms with van der Waals surface area (Å²) in [5.41, 5.74) is 7.44. The molecule has 0 bridgehead atoms. The SMILES string of the molecule is C=NC(=O)c1sc2nc(C)cnc2c1N. The van der Waals surface area contributed by atoms with Gasteiger partial charge in [0.25, 0.3) is 5.91 Å². The van der Waals surface area contributed by atoms with Crippen molar-refractivity contribution in [2.24, 2.45) is 4.99 Å². The van der Waals surface area contributed by atoms with E-state index in [4.69, 9.17) is 5.73 Å². The molecule has 6 heteroatoms. The summed E-state index contributed by atoms with van der Waals surface area (Å²) in [4.78, 5) is 24.0. The number of hydrogen-bond acceptors (Lipinski definition) is 5. The van der Waals surface area contributed by atoms with Crippen LogP contribution in [-0.4, -0.2) is 22.6 Å². The zero-order chi connectivity index (χ0) is 11.0. The lowest BCUT2D eigenvalue weighted by atomic mass is 10.3. The zero-order valence-electron chi connectivity index (χ0n) is 8.02. The monoisotopic (exact) mass is 220 g/mol. The summed E-state index contributed by atoms with van der Waals surface area (Å²) in [6.45, 7) is 5.01. The molecule has 0 saturated heterocycles. The Bertz CT molecular complexity index is 560. The topological polar surface area (TPSA) is 81.2 Å². The normalized spacial score (nSPS) is 10.5. The Morgan fingerprint density at radius 2 is 2.40 bits per heavy atom. The summed E-state index contributed by atoms with van der Waals surface area (Å²) in [5, 5.41) is 0. The van der Waals surface area contributed by atoms with Crippen LogP contribution >= 0.6 is 11.3 Å². The second-order valence-corrected chi connectivity index (χ2v) is 3.97. The molecule has 0 atom stereocenters. The number of nitrogen functional groups attached to an aromatic ring is 1. The van der Waals surface area contributed by atoms with Crippen LogP contribution in [0.15, 0.2) is 11.2 Å². The predicted octanol–water partition coefficient (Wildman–Crippen LogP) is 1.42. The van der Waals surface area contributed by atoms with Crippen molar-refractivity contribution in [3.05, 3.63) is 16.8 Å². The number of carbonyl (C=O) groups excluding carboxylic acids is 1. The molecule has 2 aromatic heterocycles. The lowest BCUT2D eigenvalue weighted by Gasteiger charge is -1.92. The van der Waals surface area contributed by atoms with E-state index in [9.17, 15) is 4.79 Å². The zero-order valence-corrected chi connectivity index (χ0v) is 8.84. The van der Waals surface area contributed by atoms with E-state index in [-0.39, 0.29) is 0 Å². The minimum Gasteiger partial charge on any atom is -0.396 e. The number of nitrogens with zero attached hydrogens (tertiary/aromatic N) is 3. The van der Waals surface area contributed by atoms with E-state index in [1.807, 2.05) is 6.92 Å². The Morgan fingerprint density at radius 1 is 1.67 bits per heavy atom. The highest BCUT2D eigenvalue weighted by molar-refractivity contribution is 7.21. The van der Waals surface area contributed by atoms with Crippen LogP contribution in [0.3, 0.4) is 0 Å². The molecule has 1 amide bonds. The summed E-state index contributed by atoms with van der Waals surface area (Å²) < 4.78 is 0. The van der Waals surface area contributed by atoms with E-state index in [1.54, 1.807) is 6.20 Å². The lowest BCUT2D eigenvalue weighted by Crippen LogP contribution is -1.96. The molecule has 0 radical (unpaired) electrons. The van der Waals surface area contributed by atoms with Crippen LogP contribution in [0.5, 0.6) is 0 Å². The average molecular weight is 220 g/mol. The van der Waals surface area contributed by atoms with Crippen molar-refractivity contribution in [3.8, 4) is 0 Å². The summed E-state index contributed by atoms with van der Waals surface area (Å²) in [6.07, 6.45) is 1.61. The number of aryl methyl sites for hydroxylation is 1. The van der Waals surface area contributed by atoms with E-state index in [0.717, 1.165) is 5.69 Å². The van der Waals surface area contributed by atoms with Gasteiger partial charge in [0.2, 0.25) is 0 Å². The molecule has 0 aliphatic heterocycles. The molecule has 2 heterocycles. The molecule has 76 valence electrons. The van der Waals surface area contributed by atoms with Crippen LogP contribution < -0.4 is 5.73 Å². The molecule has 15 heavy (non-hydrogen) atoms. The maximum atomic E-state index is 11.3. The maximum Gasteiger partial charge on any atom is 0.288 e. The third-order valence-corrected chi connectivity index (χ3v) is 2.97. The van der Waals surface area contributed by atoms with Gasteiger partial charge in [0, 0.05) is 6.20 Å². The van der Waals surface area contributed by atoms with Crippen molar-refractivity contribution >= 4 is 40.0 Å². The van der Waals surface area contributed by atoms with E-state index in [2.05, 4.69) is 21.7 Å². The van der Waals surface area contributed by atoms with Crippen molar-refractivity contribution in [1.82, 2.24) is 9.97 Å². The number of aromatic nitrogens is 2. The van der Waals surface area contributed by atoms with Crippen LogP contribution in [0.2, 0.25) is 0 Å². The molecule has 2 rings (SSSR count). The van der Waals surface area contributed by atoms with Crippen LogP contribution in [0.25, 0.3) is 10.3 Å². The minimum absolute atomic E-state index is 0.333. The number of fused-ring (bicyclic) bond motifs is 1. The van der Waals surface area contributed by atoms with Gasteiger partial charge in [0.1, 0.15) is 15.2 Å². The molecule has 5 nitrogen and oxygen atoms in total. The van der Waals surface area contributed by atoms with Gasteiger partial charge in [0.15, 0.2) is 0 Å². The van der Waals surface area contributed by atoms with E-state index in [0.29, 0.717) is 20.9 Å². The molecule has 2 N–H and O–H groups in total. The number of nitrogens with two attached hydrogens (primary N) is 1. The van der Waals surface area contributed by atoms with Crippen LogP contribution in [-0.2, 0) is 0 Å². The fourth-order valence-corrected chi connectivity index (χ4v) is 2.20. The van der Waals surface area contributed by atoms with E-state index < -0.39 is 5.91 Å². The van der Waals surface area contributed by atoms with Gasteiger partial charge in [0.05, 0.1) is 11.4 Å². The van der Waals surface area contributed by atoms with Crippen LogP contribution in [0, 0.1) is 6.92 Å². The standard InChI is InChI=1S/C9H8N4OS/c1-4-3-12-6-5(10)7(8(14)11-2)15-9(6)13-4/h3H,2,10H2,1H3. The second kappa shape index (κ2) is 3.39. The molecule has 0 spiro atoms.